The summed E-state index contributed by atoms with van der Waals surface area (Å²) in [7, 11) is 0. The smallest absolute Gasteiger partial charge is 0.128 e. The molecule has 1 aromatic heterocycles. The van der Waals surface area contributed by atoms with Crippen molar-refractivity contribution in [2.75, 3.05) is 6.61 Å². The molecule has 108 valence electrons. The third-order valence-corrected chi connectivity index (χ3v) is 4.21. The zero-order valence-corrected chi connectivity index (χ0v) is 12.2. The molecule has 1 aromatic rings. The zero-order chi connectivity index (χ0) is 13.7. The summed E-state index contributed by atoms with van der Waals surface area (Å²) in [5.41, 5.74) is 6.47. The molecule has 0 bridgehead atoms. The van der Waals surface area contributed by atoms with Crippen LogP contribution in [0.4, 0.5) is 0 Å². The Morgan fingerprint density at radius 3 is 2.74 bits per heavy atom. The Bertz CT molecular complexity index is 371. The highest BCUT2D eigenvalue weighted by molar-refractivity contribution is 5.02. The van der Waals surface area contributed by atoms with Gasteiger partial charge in [0.2, 0.25) is 0 Å². The van der Waals surface area contributed by atoms with E-state index in [0.717, 1.165) is 19.0 Å². The van der Waals surface area contributed by atoms with Crippen molar-refractivity contribution in [1.82, 2.24) is 9.55 Å². The number of hydrogen-bond acceptors (Lipinski definition) is 3. The molecule has 0 radical (unpaired) electrons. The molecular formula is C15H27N3O. The Kier molecular flexibility index (Phi) is 5.40. The second kappa shape index (κ2) is 7.06. The molecule has 1 aliphatic carbocycles. The maximum atomic E-state index is 6.47. The van der Waals surface area contributed by atoms with Gasteiger partial charge < -0.3 is 15.0 Å². The normalized spacial score (nSPS) is 20.4. The Morgan fingerprint density at radius 2 is 2.11 bits per heavy atom. The van der Waals surface area contributed by atoms with Crippen molar-refractivity contribution in [3.8, 4) is 0 Å². The maximum Gasteiger partial charge on any atom is 0.128 e. The van der Waals surface area contributed by atoms with Gasteiger partial charge in [-0.2, -0.15) is 0 Å². The Hall–Kier alpha value is -0.870. The summed E-state index contributed by atoms with van der Waals surface area (Å²) in [6.45, 7) is 5.80. The van der Waals surface area contributed by atoms with E-state index in [1.807, 2.05) is 12.4 Å². The molecule has 0 aromatic carbocycles. The van der Waals surface area contributed by atoms with Crippen molar-refractivity contribution in [3.05, 3.63) is 18.2 Å². The van der Waals surface area contributed by atoms with E-state index < -0.39 is 0 Å². The highest BCUT2D eigenvalue weighted by Crippen LogP contribution is 2.33. The second-order valence-corrected chi connectivity index (χ2v) is 5.42. The highest BCUT2D eigenvalue weighted by atomic mass is 16.5. The standard InChI is InChI=1S/C15H27N3O/c1-3-18-11-10-17-15(18)13(16)14(19-4-2)12-8-6-5-7-9-12/h10-14H,3-9,16H2,1-2H3. The van der Waals surface area contributed by atoms with Gasteiger partial charge in [-0.3, -0.25) is 0 Å². The molecule has 0 aliphatic heterocycles. The molecule has 4 heteroatoms. The van der Waals surface area contributed by atoms with Crippen LogP contribution in [0.1, 0.15) is 57.8 Å². The first-order valence-corrected chi connectivity index (χ1v) is 7.66. The number of imidazole rings is 1. The SMILES string of the molecule is CCOC(C1CCCCC1)C(N)c1nccn1CC. The van der Waals surface area contributed by atoms with E-state index >= 15 is 0 Å². The van der Waals surface area contributed by atoms with Gasteiger partial charge in [0.25, 0.3) is 0 Å². The van der Waals surface area contributed by atoms with Gasteiger partial charge in [0.05, 0.1) is 12.1 Å². The second-order valence-electron chi connectivity index (χ2n) is 5.42. The Morgan fingerprint density at radius 1 is 1.37 bits per heavy atom. The molecule has 0 amide bonds. The lowest BCUT2D eigenvalue weighted by Crippen LogP contribution is -2.38. The molecule has 19 heavy (non-hydrogen) atoms. The average Bonchev–Trinajstić information content (AvgIpc) is 2.93. The van der Waals surface area contributed by atoms with Gasteiger partial charge in [0.1, 0.15) is 5.82 Å². The lowest BCUT2D eigenvalue weighted by atomic mass is 9.82. The van der Waals surface area contributed by atoms with Crippen LogP contribution in [-0.4, -0.2) is 22.3 Å². The first-order valence-electron chi connectivity index (χ1n) is 7.66. The van der Waals surface area contributed by atoms with Gasteiger partial charge in [-0.25, -0.2) is 4.98 Å². The van der Waals surface area contributed by atoms with Gasteiger partial charge >= 0.3 is 0 Å². The molecule has 1 saturated carbocycles. The number of nitrogens with two attached hydrogens (primary N) is 1. The summed E-state index contributed by atoms with van der Waals surface area (Å²) < 4.78 is 8.11. The molecular weight excluding hydrogens is 238 g/mol. The first-order chi connectivity index (χ1) is 9.27. The third kappa shape index (κ3) is 3.37. The maximum absolute atomic E-state index is 6.47. The predicted octanol–water partition coefficient (Wildman–Crippen LogP) is 2.89. The van der Waals surface area contributed by atoms with Crippen LogP contribution in [0.15, 0.2) is 12.4 Å². The minimum atomic E-state index is -0.113. The van der Waals surface area contributed by atoms with E-state index in [-0.39, 0.29) is 12.1 Å². The summed E-state index contributed by atoms with van der Waals surface area (Å²) in [6, 6.07) is -0.113. The first kappa shape index (κ1) is 14.5. The van der Waals surface area contributed by atoms with Crippen molar-refractivity contribution in [1.29, 1.82) is 0 Å². The molecule has 1 aliphatic rings. The van der Waals surface area contributed by atoms with Crippen LogP contribution >= 0.6 is 0 Å². The van der Waals surface area contributed by atoms with E-state index in [1.54, 1.807) is 0 Å². The van der Waals surface area contributed by atoms with E-state index in [1.165, 1.54) is 32.1 Å². The van der Waals surface area contributed by atoms with Crippen molar-refractivity contribution in [2.45, 2.75) is 64.6 Å². The van der Waals surface area contributed by atoms with Crippen LogP contribution in [0.5, 0.6) is 0 Å². The van der Waals surface area contributed by atoms with Crippen molar-refractivity contribution in [2.24, 2.45) is 11.7 Å². The van der Waals surface area contributed by atoms with E-state index in [9.17, 15) is 0 Å². The molecule has 1 fully saturated rings. The van der Waals surface area contributed by atoms with E-state index in [2.05, 4.69) is 23.4 Å². The zero-order valence-electron chi connectivity index (χ0n) is 12.2. The van der Waals surface area contributed by atoms with E-state index in [0.29, 0.717) is 5.92 Å². The van der Waals surface area contributed by atoms with Crippen molar-refractivity contribution < 1.29 is 4.74 Å². The summed E-state index contributed by atoms with van der Waals surface area (Å²) in [5.74, 6) is 1.55. The van der Waals surface area contributed by atoms with Gasteiger partial charge in [-0.1, -0.05) is 19.3 Å². The fourth-order valence-corrected chi connectivity index (χ4v) is 3.22. The summed E-state index contributed by atoms with van der Waals surface area (Å²) >= 11 is 0. The monoisotopic (exact) mass is 265 g/mol. The number of ether oxygens (including phenoxy) is 1. The fourth-order valence-electron chi connectivity index (χ4n) is 3.22. The number of nitrogens with zero attached hydrogens (tertiary/aromatic N) is 2. The molecule has 4 nitrogen and oxygen atoms in total. The van der Waals surface area contributed by atoms with Crippen molar-refractivity contribution in [3.63, 3.8) is 0 Å². The number of hydrogen-bond donors (Lipinski definition) is 1. The molecule has 2 rings (SSSR count). The van der Waals surface area contributed by atoms with E-state index in [4.69, 9.17) is 10.5 Å². The van der Waals surface area contributed by atoms with Crippen LogP contribution in [-0.2, 0) is 11.3 Å². The predicted molar refractivity (Wildman–Crippen MR) is 76.8 cm³/mol. The van der Waals surface area contributed by atoms with Crippen LogP contribution in [0.3, 0.4) is 0 Å². The average molecular weight is 265 g/mol. The van der Waals surface area contributed by atoms with Crippen LogP contribution < -0.4 is 5.73 Å². The van der Waals surface area contributed by atoms with Crippen LogP contribution in [0.25, 0.3) is 0 Å². The summed E-state index contributed by atoms with van der Waals surface area (Å²) in [6.07, 6.45) is 10.4. The molecule has 0 saturated heterocycles. The summed E-state index contributed by atoms with van der Waals surface area (Å²) in [4.78, 5) is 4.44. The minimum Gasteiger partial charge on any atom is -0.376 e. The molecule has 1 heterocycles. The molecule has 2 unspecified atom stereocenters. The van der Waals surface area contributed by atoms with Gasteiger partial charge in [0.15, 0.2) is 0 Å². The largest absolute Gasteiger partial charge is 0.376 e. The van der Waals surface area contributed by atoms with Gasteiger partial charge in [0, 0.05) is 25.5 Å². The third-order valence-electron chi connectivity index (χ3n) is 4.21. The minimum absolute atomic E-state index is 0.109. The molecule has 2 atom stereocenters. The molecule has 0 spiro atoms. The quantitative estimate of drug-likeness (QED) is 0.860. The van der Waals surface area contributed by atoms with Crippen molar-refractivity contribution >= 4 is 0 Å². The fraction of sp³-hybridized carbons (Fsp3) is 0.800. The number of aryl methyl sites for hydroxylation is 1. The van der Waals surface area contributed by atoms with Crippen LogP contribution in [0, 0.1) is 5.92 Å². The van der Waals surface area contributed by atoms with Gasteiger partial charge in [-0.05, 0) is 32.6 Å². The van der Waals surface area contributed by atoms with Crippen LogP contribution in [0.2, 0.25) is 0 Å². The Balaban J connectivity index is 2.13. The van der Waals surface area contributed by atoms with Gasteiger partial charge in [-0.15, -0.1) is 0 Å². The number of rotatable bonds is 6. The highest BCUT2D eigenvalue weighted by Gasteiger charge is 2.31. The Labute approximate surface area is 116 Å². The molecule has 2 N–H and O–H groups in total. The number of aromatic nitrogens is 2. The lowest BCUT2D eigenvalue weighted by molar-refractivity contribution is -0.0121. The lowest BCUT2D eigenvalue weighted by Gasteiger charge is -2.33. The summed E-state index contributed by atoms with van der Waals surface area (Å²) in [5, 5.41) is 0. The topological polar surface area (TPSA) is 53.1 Å².